The fraction of sp³-hybridized carbons (Fsp3) is 0.333. The lowest BCUT2D eigenvalue weighted by molar-refractivity contribution is 0.591. The monoisotopic (exact) mass is 271 g/mol. The molecule has 106 valence electrons. The van der Waals surface area contributed by atoms with Gasteiger partial charge in [-0.2, -0.15) is 0 Å². The lowest BCUT2D eigenvalue weighted by Gasteiger charge is -2.17. The highest BCUT2D eigenvalue weighted by Crippen LogP contribution is 2.26. The molecule has 0 amide bonds. The Morgan fingerprint density at radius 3 is 2.40 bits per heavy atom. The molecule has 0 spiro atoms. The standard InChI is InChI=1S/C18H22FN/c1-4-13-9-10-15(11-14(13)5-2)18(20)16-8-6-7-12(3)17(16)19/h6-11,18H,4-5,20H2,1-3H3. The minimum atomic E-state index is -0.411. The van der Waals surface area contributed by atoms with E-state index in [2.05, 4.69) is 26.0 Å². The van der Waals surface area contributed by atoms with Crippen LogP contribution in [-0.4, -0.2) is 0 Å². The van der Waals surface area contributed by atoms with E-state index in [4.69, 9.17) is 5.73 Å². The van der Waals surface area contributed by atoms with Crippen molar-refractivity contribution in [1.29, 1.82) is 0 Å². The van der Waals surface area contributed by atoms with Crippen molar-refractivity contribution in [3.63, 3.8) is 0 Å². The zero-order valence-corrected chi connectivity index (χ0v) is 12.4. The normalized spacial score (nSPS) is 12.4. The summed E-state index contributed by atoms with van der Waals surface area (Å²) < 4.78 is 14.2. The topological polar surface area (TPSA) is 26.0 Å². The Bertz CT molecular complexity index is 604. The van der Waals surface area contributed by atoms with Gasteiger partial charge in [0.05, 0.1) is 6.04 Å². The minimum Gasteiger partial charge on any atom is -0.320 e. The zero-order chi connectivity index (χ0) is 14.7. The molecule has 0 aliphatic rings. The molecule has 2 rings (SSSR count). The zero-order valence-electron chi connectivity index (χ0n) is 12.4. The van der Waals surface area contributed by atoms with Gasteiger partial charge in [-0.25, -0.2) is 4.39 Å². The van der Waals surface area contributed by atoms with Gasteiger partial charge in [0.1, 0.15) is 5.82 Å². The second-order valence-corrected chi connectivity index (χ2v) is 5.19. The molecule has 0 aliphatic heterocycles. The van der Waals surface area contributed by atoms with E-state index < -0.39 is 6.04 Å². The van der Waals surface area contributed by atoms with E-state index in [1.807, 2.05) is 12.1 Å². The van der Waals surface area contributed by atoms with Crippen LogP contribution in [0.5, 0.6) is 0 Å². The molecule has 1 atom stereocenters. The van der Waals surface area contributed by atoms with Crippen LogP contribution in [0.4, 0.5) is 4.39 Å². The van der Waals surface area contributed by atoms with Gasteiger partial charge in [-0.3, -0.25) is 0 Å². The van der Waals surface area contributed by atoms with Crippen molar-refractivity contribution in [3.05, 3.63) is 70.0 Å². The number of hydrogen-bond acceptors (Lipinski definition) is 1. The van der Waals surface area contributed by atoms with Crippen LogP contribution in [0.2, 0.25) is 0 Å². The highest BCUT2D eigenvalue weighted by atomic mass is 19.1. The molecule has 0 aliphatic carbocycles. The first kappa shape index (κ1) is 14.7. The summed E-state index contributed by atoms with van der Waals surface area (Å²) in [6, 6.07) is 11.2. The van der Waals surface area contributed by atoms with Crippen molar-refractivity contribution in [2.45, 2.75) is 39.7 Å². The van der Waals surface area contributed by atoms with Crippen LogP contribution in [0.15, 0.2) is 36.4 Å². The van der Waals surface area contributed by atoms with Crippen molar-refractivity contribution < 1.29 is 4.39 Å². The first-order valence-electron chi connectivity index (χ1n) is 7.20. The molecule has 20 heavy (non-hydrogen) atoms. The summed E-state index contributed by atoms with van der Waals surface area (Å²) in [5.74, 6) is -0.197. The minimum absolute atomic E-state index is 0.197. The summed E-state index contributed by atoms with van der Waals surface area (Å²) in [7, 11) is 0. The van der Waals surface area contributed by atoms with Gasteiger partial charge in [-0.15, -0.1) is 0 Å². The van der Waals surface area contributed by atoms with Crippen LogP contribution < -0.4 is 5.73 Å². The fourth-order valence-electron chi connectivity index (χ4n) is 2.60. The Kier molecular flexibility index (Phi) is 4.56. The quantitative estimate of drug-likeness (QED) is 0.881. The molecule has 2 aromatic rings. The summed E-state index contributed by atoms with van der Waals surface area (Å²) in [5.41, 5.74) is 11.1. The Labute approximate surface area is 120 Å². The summed E-state index contributed by atoms with van der Waals surface area (Å²) in [6.07, 6.45) is 1.98. The number of aryl methyl sites for hydroxylation is 3. The third kappa shape index (κ3) is 2.75. The maximum atomic E-state index is 14.2. The van der Waals surface area contributed by atoms with Gasteiger partial charge < -0.3 is 5.73 Å². The van der Waals surface area contributed by atoms with E-state index >= 15 is 0 Å². The second-order valence-electron chi connectivity index (χ2n) is 5.19. The third-order valence-corrected chi connectivity index (χ3v) is 3.91. The van der Waals surface area contributed by atoms with Gasteiger partial charge in [-0.05, 0) is 42.0 Å². The van der Waals surface area contributed by atoms with Crippen molar-refractivity contribution in [2.24, 2.45) is 5.73 Å². The molecule has 0 radical (unpaired) electrons. The fourth-order valence-corrected chi connectivity index (χ4v) is 2.60. The Morgan fingerprint density at radius 2 is 1.75 bits per heavy atom. The first-order chi connectivity index (χ1) is 9.58. The van der Waals surface area contributed by atoms with Crippen LogP contribution in [0.3, 0.4) is 0 Å². The molecule has 0 saturated carbocycles. The largest absolute Gasteiger partial charge is 0.320 e. The molecule has 2 aromatic carbocycles. The highest BCUT2D eigenvalue weighted by Gasteiger charge is 2.15. The molecule has 0 bridgehead atoms. The van der Waals surface area contributed by atoms with Crippen LogP contribution in [0.25, 0.3) is 0 Å². The molecule has 2 heteroatoms. The number of benzene rings is 2. The van der Waals surface area contributed by atoms with Gasteiger partial charge in [0, 0.05) is 5.56 Å². The second kappa shape index (κ2) is 6.19. The Hall–Kier alpha value is -1.67. The average molecular weight is 271 g/mol. The van der Waals surface area contributed by atoms with Gasteiger partial charge in [0.2, 0.25) is 0 Å². The molecule has 1 unspecified atom stereocenters. The van der Waals surface area contributed by atoms with E-state index in [0.717, 1.165) is 18.4 Å². The first-order valence-corrected chi connectivity index (χ1v) is 7.20. The number of hydrogen-bond donors (Lipinski definition) is 1. The van der Waals surface area contributed by atoms with Crippen molar-refractivity contribution >= 4 is 0 Å². The van der Waals surface area contributed by atoms with Gasteiger partial charge >= 0.3 is 0 Å². The molecule has 0 saturated heterocycles. The maximum Gasteiger partial charge on any atom is 0.131 e. The Balaban J connectivity index is 2.43. The average Bonchev–Trinajstić information content (AvgIpc) is 2.48. The van der Waals surface area contributed by atoms with Crippen molar-refractivity contribution in [2.75, 3.05) is 0 Å². The highest BCUT2D eigenvalue weighted by molar-refractivity contribution is 5.39. The van der Waals surface area contributed by atoms with Crippen molar-refractivity contribution in [3.8, 4) is 0 Å². The van der Waals surface area contributed by atoms with E-state index in [0.29, 0.717) is 11.1 Å². The third-order valence-electron chi connectivity index (χ3n) is 3.91. The van der Waals surface area contributed by atoms with Gasteiger partial charge in [-0.1, -0.05) is 50.2 Å². The van der Waals surface area contributed by atoms with Gasteiger partial charge in [0.25, 0.3) is 0 Å². The molecular weight excluding hydrogens is 249 g/mol. The summed E-state index contributed by atoms with van der Waals surface area (Å²) >= 11 is 0. The van der Waals surface area contributed by atoms with Gasteiger partial charge in [0.15, 0.2) is 0 Å². The van der Waals surface area contributed by atoms with Crippen LogP contribution in [-0.2, 0) is 12.8 Å². The smallest absolute Gasteiger partial charge is 0.131 e. The maximum absolute atomic E-state index is 14.2. The number of halogens is 1. The number of rotatable bonds is 4. The molecule has 1 nitrogen and oxygen atoms in total. The van der Waals surface area contributed by atoms with Crippen LogP contribution >= 0.6 is 0 Å². The van der Waals surface area contributed by atoms with Crippen LogP contribution in [0.1, 0.15) is 47.7 Å². The van der Waals surface area contributed by atoms with E-state index in [1.165, 1.54) is 11.1 Å². The van der Waals surface area contributed by atoms with E-state index in [9.17, 15) is 4.39 Å². The predicted octanol–water partition coefficient (Wildman–Crippen LogP) is 4.31. The number of nitrogens with two attached hydrogens (primary N) is 1. The molecule has 2 N–H and O–H groups in total. The summed E-state index contributed by atoms with van der Waals surface area (Å²) in [6.45, 7) is 6.05. The molecule has 0 fully saturated rings. The predicted molar refractivity (Wildman–Crippen MR) is 82.4 cm³/mol. The molecule has 0 heterocycles. The SMILES string of the molecule is CCc1ccc(C(N)c2cccc(C)c2F)cc1CC. The summed E-state index contributed by atoms with van der Waals surface area (Å²) in [4.78, 5) is 0. The van der Waals surface area contributed by atoms with E-state index in [-0.39, 0.29) is 5.82 Å². The lowest BCUT2D eigenvalue weighted by Crippen LogP contribution is -2.14. The lowest BCUT2D eigenvalue weighted by atomic mass is 9.93. The van der Waals surface area contributed by atoms with E-state index in [1.54, 1.807) is 19.1 Å². The summed E-state index contributed by atoms with van der Waals surface area (Å²) in [5, 5.41) is 0. The van der Waals surface area contributed by atoms with Crippen molar-refractivity contribution in [1.82, 2.24) is 0 Å². The van der Waals surface area contributed by atoms with Crippen LogP contribution in [0, 0.1) is 12.7 Å². The Morgan fingerprint density at radius 1 is 1.05 bits per heavy atom. The molecular formula is C18H22FN. The molecule has 0 aromatic heterocycles.